The second-order valence-electron chi connectivity index (χ2n) is 4.15. The monoisotopic (exact) mass is 286 g/mol. The summed E-state index contributed by atoms with van der Waals surface area (Å²) in [6.45, 7) is 0. The minimum Gasteiger partial charge on any atom is -0.457 e. The standard InChI is InChI=1S/C15H14N2O4/c1-20-17-15(19)11-4-8-13(9-5-11)21-12-6-2-10(3-7-12)14(16)18/h2-9H,1H3,(H2,16,18)(H,17,19). The molecular weight excluding hydrogens is 272 g/mol. The lowest BCUT2D eigenvalue weighted by Gasteiger charge is -2.07. The summed E-state index contributed by atoms with van der Waals surface area (Å²) in [5, 5.41) is 0. The van der Waals surface area contributed by atoms with Crippen LogP contribution in [-0.2, 0) is 4.84 Å². The zero-order valence-corrected chi connectivity index (χ0v) is 11.3. The van der Waals surface area contributed by atoms with Gasteiger partial charge >= 0.3 is 0 Å². The molecule has 0 fully saturated rings. The summed E-state index contributed by atoms with van der Waals surface area (Å²) in [5.74, 6) is 0.301. The van der Waals surface area contributed by atoms with E-state index in [2.05, 4.69) is 10.3 Å². The number of nitrogens with two attached hydrogens (primary N) is 1. The summed E-state index contributed by atoms with van der Waals surface area (Å²) in [6.07, 6.45) is 0. The fraction of sp³-hybridized carbons (Fsp3) is 0.0667. The van der Waals surface area contributed by atoms with Crippen LogP contribution in [-0.4, -0.2) is 18.9 Å². The molecule has 6 nitrogen and oxygen atoms in total. The van der Waals surface area contributed by atoms with Crippen molar-refractivity contribution in [2.45, 2.75) is 0 Å². The molecule has 3 N–H and O–H groups in total. The van der Waals surface area contributed by atoms with Crippen molar-refractivity contribution in [3.63, 3.8) is 0 Å². The van der Waals surface area contributed by atoms with Gasteiger partial charge in [-0.05, 0) is 48.5 Å². The summed E-state index contributed by atoms with van der Waals surface area (Å²) >= 11 is 0. The lowest BCUT2D eigenvalue weighted by molar-refractivity contribution is 0.0537. The van der Waals surface area contributed by atoms with Crippen LogP contribution in [0, 0.1) is 0 Å². The Labute approximate surface area is 121 Å². The van der Waals surface area contributed by atoms with E-state index in [1.807, 2.05) is 0 Å². The molecule has 108 valence electrons. The Morgan fingerprint density at radius 2 is 1.38 bits per heavy atom. The average molecular weight is 286 g/mol. The van der Waals surface area contributed by atoms with E-state index in [9.17, 15) is 9.59 Å². The first-order valence-electron chi connectivity index (χ1n) is 6.11. The Morgan fingerprint density at radius 1 is 0.905 bits per heavy atom. The highest BCUT2D eigenvalue weighted by molar-refractivity contribution is 5.93. The number of ether oxygens (including phenoxy) is 1. The molecule has 0 aliphatic carbocycles. The Balaban J connectivity index is 2.06. The lowest BCUT2D eigenvalue weighted by atomic mass is 10.2. The van der Waals surface area contributed by atoms with Crippen molar-refractivity contribution in [3.8, 4) is 11.5 Å². The third-order valence-corrected chi connectivity index (χ3v) is 2.69. The molecule has 0 radical (unpaired) electrons. The topological polar surface area (TPSA) is 90.7 Å². The van der Waals surface area contributed by atoms with Crippen LogP contribution >= 0.6 is 0 Å². The molecule has 0 aromatic heterocycles. The predicted molar refractivity (Wildman–Crippen MR) is 76.0 cm³/mol. The number of benzene rings is 2. The van der Waals surface area contributed by atoms with Crippen molar-refractivity contribution in [1.29, 1.82) is 0 Å². The zero-order chi connectivity index (χ0) is 15.2. The molecule has 0 saturated heterocycles. The highest BCUT2D eigenvalue weighted by atomic mass is 16.6. The number of nitrogens with one attached hydrogen (secondary N) is 1. The summed E-state index contributed by atoms with van der Waals surface area (Å²) < 4.78 is 5.59. The van der Waals surface area contributed by atoms with Crippen LogP contribution in [0.25, 0.3) is 0 Å². The van der Waals surface area contributed by atoms with Gasteiger partial charge in [-0.1, -0.05) is 0 Å². The van der Waals surface area contributed by atoms with Gasteiger partial charge in [0.15, 0.2) is 0 Å². The SMILES string of the molecule is CONC(=O)c1ccc(Oc2ccc(C(N)=O)cc2)cc1. The van der Waals surface area contributed by atoms with Crippen LogP contribution in [0.5, 0.6) is 11.5 Å². The van der Waals surface area contributed by atoms with Crippen molar-refractivity contribution in [3.05, 3.63) is 59.7 Å². The second-order valence-corrected chi connectivity index (χ2v) is 4.15. The third kappa shape index (κ3) is 3.80. The number of carbonyl (C=O) groups excluding carboxylic acids is 2. The van der Waals surface area contributed by atoms with Gasteiger partial charge in [-0.25, -0.2) is 5.48 Å². The number of primary amides is 1. The lowest BCUT2D eigenvalue weighted by Crippen LogP contribution is -2.21. The highest BCUT2D eigenvalue weighted by Crippen LogP contribution is 2.22. The van der Waals surface area contributed by atoms with Crippen LogP contribution in [0.2, 0.25) is 0 Å². The van der Waals surface area contributed by atoms with E-state index >= 15 is 0 Å². The van der Waals surface area contributed by atoms with Gasteiger partial charge in [-0.15, -0.1) is 0 Å². The van der Waals surface area contributed by atoms with Crippen molar-refractivity contribution in [2.24, 2.45) is 5.73 Å². The van der Waals surface area contributed by atoms with Gasteiger partial charge in [0, 0.05) is 11.1 Å². The first-order valence-corrected chi connectivity index (χ1v) is 6.11. The fourth-order valence-electron chi connectivity index (χ4n) is 1.65. The molecule has 0 spiro atoms. The molecule has 0 saturated carbocycles. The molecule has 2 aromatic rings. The molecule has 0 atom stereocenters. The average Bonchev–Trinajstić information content (AvgIpc) is 2.49. The van der Waals surface area contributed by atoms with E-state index in [0.717, 1.165) is 0 Å². The molecule has 0 aliphatic rings. The highest BCUT2D eigenvalue weighted by Gasteiger charge is 2.05. The van der Waals surface area contributed by atoms with Crippen molar-refractivity contribution in [1.82, 2.24) is 5.48 Å². The van der Waals surface area contributed by atoms with Gasteiger partial charge in [0.05, 0.1) is 7.11 Å². The van der Waals surface area contributed by atoms with Gasteiger partial charge in [-0.3, -0.25) is 14.4 Å². The number of carbonyl (C=O) groups is 2. The quantitative estimate of drug-likeness (QED) is 0.821. The maximum Gasteiger partial charge on any atom is 0.274 e. The summed E-state index contributed by atoms with van der Waals surface area (Å²) in [7, 11) is 1.37. The van der Waals surface area contributed by atoms with Gasteiger partial charge in [0.25, 0.3) is 5.91 Å². The van der Waals surface area contributed by atoms with E-state index in [0.29, 0.717) is 22.6 Å². The Bertz CT molecular complexity index is 636. The van der Waals surface area contributed by atoms with Crippen LogP contribution in [0.1, 0.15) is 20.7 Å². The van der Waals surface area contributed by atoms with Crippen LogP contribution in [0.3, 0.4) is 0 Å². The summed E-state index contributed by atoms with van der Waals surface area (Å²) in [6, 6.07) is 13.0. The van der Waals surface area contributed by atoms with Crippen molar-refractivity contribution < 1.29 is 19.2 Å². The van der Waals surface area contributed by atoms with E-state index in [1.54, 1.807) is 48.5 Å². The van der Waals surface area contributed by atoms with E-state index in [1.165, 1.54) is 7.11 Å². The molecule has 6 heteroatoms. The maximum absolute atomic E-state index is 11.5. The molecule has 2 aromatic carbocycles. The Kier molecular flexibility index (Phi) is 4.53. The van der Waals surface area contributed by atoms with Crippen LogP contribution in [0.4, 0.5) is 0 Å². The largest absolute Gasteiger partial charge is 0.457 e. The first kappa shape index (κ1) is 14.5. The Morgan fingerprint density at radius 3 is 1.81 bits per heavy atom. The molecule has 0 bridgehead atoms. The van der Waals surface area contributed by atoms with Gasteiger partial charge in [-0.2, -0.15) is 0 Å². The Hall–Kier alpha value is -2.86. The van der Waals surface area contributed by atoms with Crippen molar-refractivity contribution in [2.75, 3.05) is 7.11 Å². The molecule has 0 aliphatic heterocycles. The molecule has 21 heavy (non-hydrogen) atoms. The van der Waals surface area contributed by atoms with Gasteiger partial charge in [0.1, 0.15) is 11.5 Å². The molecular formula is C15H14N2O4. The first-order chi connectivity index (χ1) is 10.1. The van der Waals surface area contributed by atoms with Crippen LogP contribution in [0.15, 0.2) is 48.5 Å². The number of rotatable bonds is 5. The minimum atomic E-state index is -0.491. The molecule has 0 heterocycles. The normalized spacial score (nSPS) is 9.95. The van der Waals surface area contributed by atoms with Gasteiger partial charge in [0.2, 0.25) is 5.91 Å². The predicted octanol–water partition coefficient (Wildman–Crippen LogP) is 1.87. The minimum absolute atomic E-state index is 0.338. The molecule has 2 amide bonds. The zero-order valence-electron chi connectivity index (χ0n) is 11.3. The summed E-state index contributed by atoms with van der Waals surface area (Å²) in [5.41, 5.74) is 8.25. The van der Waals surface area contributed by atoms with E-state index < -0.39 is 5.91 Å². The van der Waals surface area contributed by atoms with Crippen molar-refractivity contribution >= 4 is 11.8 Å². The maximum atomic E-state index is 11.5. The fourth-order valence-corrected chi connectivity index (χ4v) is 1.65. The summed E-state index contributed by atoms with van der Waals surface area (Å²) in [4.78, 5) is 27.0. The number of hydrogen-bond acceptors (Lipinski definition) is 4. The second kappa shape index (κ2) is 6.53. The van der Waals surface area contributed by atoms with Crippen LogP contribution < -0.4 is 16.0 Å². The molecule has 0 unspecified atom stereocenters. The number of hydroxylamine groups is 1. The van der Waals surface area contributed by atoms with E-state index in [-0.39, 0.29) is 5.91 Å². The van der Waals surface area contributed by atoms with Gasteiger partial charge < -0.3 is 10.5 Å². The molecule has 2 rings (SSSR count). The third-order valence-electron chi connectivity index (χ3n) is 2.69. The van der Waals surface area contributed by atoms with E-state index in [4.69, 9.17) is 10.5 Å². The number of hydrogen-bond donors (Lipinski definition) is 2. The smallest absolute Gasteiger partial charge is 0.274 e. The number of amides is 2.